The third-order valence-electron chi connectivity index (χ3n) is 7.76. The number of carbonyl (C=O) groups excluding carboxylic acids is 1. The summed E-state index contributed by atoms with van der Waals surface area (Å²) in [6.07, 6.45) is 2.48. The summed E-state index contributed by atoms with van der Waals surface area (Å²) in [7, 11) is -4.00. The summed E-state index contributed by atoms with van der Waals surface area (Å²) in [5.74, 6) is -0.00887. The smallest absolute Gasteiger partial charge is 0.407 e. The van der Waals surface area contributed by atoms with Crippen LogP contribution in [0.3, 0.4) is 0 Å². The molecule has 5 rings (SSSR count). The molecule has 0 spiro atoms. The topological polar surface area (TPSA) is 137 Å². The van der Waals surface area contributed by atoms with Gasteiger partial charge in [-0.1, -0.05) is 55.5 Å². The molecule has 1 aliphatic rings. The minimum absolute atomic E-state index is 0.00887. The summed E-state index contributed by atoms with van der Waals surface area (Å²) >= 11 is 2.80. The molecule has 0 saturated carbocycles. The van der Waals surface area contributed by atoms with Crippen molar-refractivity contribution in [2.45, 2.75) is 56.8 Å². The Balaban J connectivity index is 1.30. The van der Waals surface area contributed by atoms with Gasteiger partial charge < -0.3 is 25.4 Å². The van der Waals surface area contributed by atoms with Crippen LogP contribution < -0.4 is 10.6 Å². The number of aliphatic hydroxyl groups is 1. The fourth-order valence-electron chi connectivity index (χ4n) is 5.43. The number of aliphatic hydroxyl groups excluding tert-OH is 1. The lowest BCUT2D eigenvalue weighted by Crippen LogP contribution is -2.51. The molecule has 4 aromatic rings. The second-order valence-corrected chi connectivity index (χ2v) is 15.8. The molecule has 3 N–H and O–H groups in total. The summed E-state index contributed by atoms with van der Waals surface area (Å²) in [4.78, 5) is 24.8. The molecule has 1 fully saturated rings. The van der Waals surface area contributed by atoms with E-state index in [-0.39, 0.29) is 36.9 Å². The average molecular weight is 687 g/mol. The lowest BCUT2D eigenvalue weighted by molar-refractivity contribution is 0.0876. The maximum absolute atomic E-state index is 14.1. The number of alkyl carbamates (subject to hydrolysis) is 1. The van der Waals surface area contributed by atoms with Crippen LogP contribution in [-0.2, 0) is 27.8 Å². The number of hydrogen-bond acceptors (Lipinski definition) is 11. The van der Waals surface area contributed by atoms with Crippen LogP contribution >= 0.6 is 22.7 Å². The van der Waals surface area contributed by atoms with Gasteiger partial charge in [-0.15, -0.1) is 11.3 Å². The van der Waals surface area contributed by atoms with E-state index in [2.05, 4.69) is 25.5 Å². The Bertz CT molecular complexity index is 1640. The van der Waals surface area contributed by atoms with E-state index < -0.39 is 28.3 Å². The molecule has 248 valence electrons. The quantitative estimate of drug-likeness (QED) is 0.152. The lowest BCUT2D eigenvalue weighted by Gasteiger charge is -2.30. The zero-order chi connectivity index (χ0) is 32.5. The summed E-state index contributed by atoms with van der Waals surface area (Å²) < 4.78 is 35.6. The summed E-state index contributed by atoms with van der Waals surface area (Å²) in [5.41, 5.74) is 3.27. The van der Waals surface area contributed by atoms with E-state index in [4.69, 9.17) is 4.74 Å². The van der Waals surface area contributed by atoms with Crippen molar-refractivity contribution < 1.29 is 23.1 Å². The fraction of sp³-hybridized carbons (Fsp3) is 0.469. The van der Waals surface area contributed by atoms with Crippen LogP contribution in [0.25, 0.3) is 10.2 Å². The first kappa shape index (κ1) is 34.2. The second kappa shape index (κ2) is 16.1. The summed E-state index contributed by atoms with van der Waals surface area (Å²) in [6.45, 7) is 7.88. The number of rotatable bonds is 16. The molecule has 0 radical (unpaired) electrons. The van der Waals surface area contributed by atoms with Crippen molar-refractivity contribution in [2.75, 3.05) is 44.6 Å². The lowest BCUT2D eigenvalue weighted by atomic mass is 10.0. The molecule has 2 atom stereocenters. The highest BCUT2D eigenvalue weighted by Gasteiger charge is 2.32. The molecule has 0 unspecified atom stereocenters. The first-order chi connectivity index (χ1) is 22.2. The van der Waals surface area contributed by atoms with Crippen molar-refractivity contribution in [1.29, 1.82) is 0 Å². The number of likely N-dealkylation sites (tertiary alicyclic amines) is 1. The molecule has 3 heterocycles. The number of thiazole rings is 2. The number of nitrogens with one attached hydrogen (secondary N) is 2. The van der Waals surface area contributed by atoms with Crippen LogP contribution in [0.1, 0.15) is 37.1 Å². The van der Waals surface area contributed by atoms with Crippen LogP contribution in [0.5, 0.6) is 0 Å². The van der Waals surface area contributed by atoms with E-state index in [1.165, 1.54) is 39.8 Å². The van der Waals surface area contributed by atoms with Gasteiger partial charge in [0.15, 0.2) is 5.13 Å². The first-order valence-electron chi connectivity index (χ1n) is 15.6. The molecule has 0 bridgehead atoms. The molecular weight excluding hydrogens is 645 g/mol. The van der Waals surface area contributed by atoms with Crippen LogP contribution in [-0.4, -0.2) is 90.2 Å². The van der Waals surface area contributed by atoms with E-state index in [0.717, 1.165) is 52.0 Å². The largest absolute Gasteiger partial charge is 0.444 e. The number of hydrogen-bond donors (Lipinski definition) is 3. The Morgan fingerprint density at radius 3 is 2.63 bits per heavy atom. The van der Waals surface area contributed by atoms with Crippen LogP contribution in [0, 0.1) is 5.92 Å². The monoisotopic (exact) mass is 686 g/mol. The number of sulfonamides is 1. The number of nitrogens with zero attached hydrogens (tertiary/aromatic N) is 4. The van der Waals surface area contributed by atoms with Crippen LogP contribution in [0.15, 0.2) is 65.1 Å². The van der Waals surface area contributed by atoms with Gasteiger partial charge in [0, 0.05) is 32.4 Å². The number of anilines is 1. The van der Waals surface area contributed by atoms with Gasteiger partial charge in [0.05, 0.1) is 37.6 Å². The standard InChI is InChI=1S/C32H42N6O5S3/c1-23(2)19-38(20-29(39)28(16-24-8-4-3-5-9-24)36-32(40)43-21-25-18-33-22-44-25)46(41,42)26-10-11-27-30(17-26)45-31(35-27)34-12-15-37-13-6-7-14-37/h3-5,8-11,17-18,22-23,28-29,39H,6-7,12-16,19-21H2,1-2H3,(H,34,35)(H,36,40)/t28-,29+/m0/s1. The molecule has 14 heteroatoms. The molecular formula is C32H42N6O5S3. The fourth-order valence-corrected chi connectivity index (χ4v) is 8.58. The molecule has 46 heavy (non-hydrogen) atoms. The van der Waals surface area contributed by atoms with Gasteiger partial charge in [0.1, 0.15) is 6.61 Å². The van der Waals surface area contributed by atoms with Crippen molar-refractivity contribution in [3.8, 4) is 0 Å². The van der Waals surface area contributed by atoms with Gasteiger partial charge in [-0.25, -0.2) is 18.2 Å². The van der Waals surface area contributed by atoms with E-state index in [0.29, 0.717) is 0 Å². The third kappa shape index (κ3) is 9.46. The number of fused-ring (bicyclic) bond motifs is 1. The second-order valence-electron chi connectivity index (χ2n) is 11.9. The van der Waals surface area contributed by atoms with Crippen molar-refractivity contribution in [1.82, 2.24) is 24.5 Å². The first-order valence-corrected chi connectivity index (χ1v) is 18.7. The van der Waals surface area contributed by atoms with Crippen LogP contribution in [0.4, 0.5) is 9.93 Å². The minimum atomic E-state index is -4.00. The number of aromatic nitrogens is 2. The normalized spacial score (nSPS) is 15.4. The maximum Gasteiger partial charge on any atom is 0.407 e. The maximum atomic E-state index is 14.1. The summed E-state index contributed by atoms with van der Waals surface area (Å²) in [6, 6.07) is 13.6. The predicted molar refractivity (Wildman–Crippen MR) is 183 cm³/mol. The molecule has 1 saturated heterocycles. The Labute approximate surface area is 278 Å². The van der Waals surface area contributed by atoms with E-state index in [9.17, 15) is 18.3 Å². The van der Waals surface area contributed by atoms with Gasteiger partial charge in [-0.05, 0) is 62.0 Å². The van der Waals surface area contributed by atoms with Gasteiger partial charge >= 0.3 is 6.09 Å². The SMILES string of the molecule is CC(C)CN(C[C@@H](O)[C@H](Cc1ccccc1)NC(=O)OCc1cncs1)S(=O)(=O)c1ccc2nc(NCCN3CCCC3)sc2c1. The number of ether oxygens (including phenoxy) is 1. The average Bonchev–Trinajstić information content (AvgIpc) is 3.82. The Hall–Kier alpha value is -3.14. The van der Waals surface area contributed by atoms with Crippen molar-refractivity contribution in [3.05, 3.63) is 70.7 Å². The van der Waals surface area contributed by atoms with E-state index in [1.54, 1.807) is 29.9 Å². The molecule has 11 nitrogen and oxygen atoms in total. The van der Waals surface area contributed by atoms with E-state index in [1.807, 2.05) is 44.2 Å². The molecule has 1 aliphatic heterocycles. The Morgan fingerprint density at radius 1 is 1.13 bits per heavy atom. The zero-order valence-corrected chi connectivity index (χ0v) is 28.6. The van der Waals surface area contributed by atoms with Gasteiger partial charge in [-0.2, -0.15) is 4.31 Å². The Kier molecular flexibility index (Phi) is 12.0. The highest BCUT2D eigenvalue weighted by molar-refractivity contribution is 7.89. The van der Waals surface area contributed by atoms with Crippen LogP contribution in [0.2, 0.25) is 0 Å². The third-order valence-corrected chi connectivity index (χ3v) is 11.3. The molecule has 2 aromatic heterocycles. The van der Waals surface area contributed by atoms with Crippen molar-refractivity contribution >= 4 is 54.1 Å². The van der Waals surface area contributed by atoms with Crippen molar-refractivity contribution in [3.63, 3.8) is 0 Å². The summed E-state index contributed by atoms with van der Waals surface area (Å²) in [5, 5.41) is 18.4. The van der Waals surface area contributed by atoms with Crippen molar-refractivity contribution in [2.24, 2.45) is 5.92 Å². The number of amides is 1. The molecule has 1 amide bonds. The minimum Gasteiger partial charge on any atom is -0.444 e. The highest BCUT2D eigenvalue weighted by atomic mass is 32.2. The number of benzene rings is 2. The zero-order valence-electron chi connectivity index (χ0n) is 26.2. The molecule has 2 aromatic carbocycles. The molecule has 0 aliphatic carbocycles. The number of carbonyl (C=O) groups is 1. The van der Waals surface area contributed by atoms with Gasteiger partial charge in [0.2, 0.25) is 10.0 Å². The van der Waals surface area contributed by atoms with Gasteiger partial charge in [0.25, 0.3) is 0 Å². The Morgan fingerprint density at radius 2 is 1.91 bits per heavy atom. The predicted octanol–water partition coefficient (Wildman–Crippen LogP) is 4.81. The highest BCUT2D eigenvalue weighted by Crippen LogP contribution is 2.30. The van der Waals surface area contributed by atoms with Gasteiger partial charge in [-0.3, -0.25) is 4.98 Å². The van der Waals surface area contributed by atoms with E-state index >= 15 is 0 Å².